The molecule has 21 heavy (non-hydrogen) atoms. The van der Waals surface area contributed by atoms with E-state index in [0.717, 1.165) is 5.56 Å². The minimum atomic E-state index is -3.62. The van der Waals surface area contributed by atoms with Crippen molar-refractivity contribution in [3.63, 3.8) is 0 Å². The lowest BCUT2D eigenvalue weighted by Crippen LogP contribution is -2.42. The van der Waals surface area contributed by atoms with Crippen molar-refractivity contribution in [2.24, 2.45) is 10.9 Å². The number of hydrogen-bond acceptors (Lipinski definition) is 5. The van der Waals surface area contributed by atoms with Gasteiger partial charge in [-0.2, -0.15) is 12.7 Å². The van der Waals surface area contributed by atoms with Crippen molar-refractivity contribution in [3.8, 4) is 0 Å². The van der Waals surface area contributed by atoms with E-state index >= 15 is 0 Å². The SMILES string of the molecule is CCCNS(=O)(=O)N(CC/C(N)=N/O)Cc1cccnc1. The Morgan fingerprint density at radius 3 is 2.90 bits per heavy atom. The van der Waals surface area contributed by atoms with Crippen molar-refractivity contribution in [1.29, 1.82) is 0 Å². The second-order valence-corrected chi connectivity index (χ2v) is 6.19. The van der Waals surface area contributed by atoms with Gasteiger partial charge in [0.25, 0.3) is 10.2 Å². The molecule has 0 bridgehead atoms. The summed E-state index contributed by atoms with van der Waals surface area (Å²) in [6, 6.07) is 3.53. The molecule has 4 N–H and O–H groups in total. The second-order valence-electron chi connectivity index (χ2n) is 4.44. The highest BCUT2D eigenvalue weighted by atomic mass is 32.2. The Kier molecular flexibility index (Phi) is 7.06. The van der Waals surface area contributed by atoms with Gasteiger partial charge in [-0.1, -0.05) is 18.1 Å². The molecule has 9 heteroatoms. The molecule has 1 aromatic rings. The van der Waals surface area contributed by atoms with E-state index in [4.69, 9.17) is 10.9 Å². The maximum Gasteiger partial charge on any atom is 0.279 e. The summed E-state index contributed by atoms with van der Waals surface area (Å²) < 4.78 is 28.2. The van der Waals surface area contributed by atoms with Crippen molar-refractivity contribution in [2.75, 3.05) is 13.1 Å². The largest absolute Gasteiger partial charge is 0.409 e. The van der Waals surface area contributed by atoms with Crippen LogP contribution in [-0.2, 0) is 16.8 Å². The molecule has 118 valence electrons. The topological polar surface area (TPSA) is 121 Å². The molecule has 0 saturated carbocycles. The summed E-state index contributed by atoms with van der Waals surface area (Å²) in [5, 5.41) is 11.4. The van der Waals surface area contributed by atoms with Crippen LogP contribution in [0.5, 0.6) is 0 Å². The lowest BCUT2D eigenvalue weighted by molar-refractivity contribution is 0.315. The van der Waals surface area contributed by atoms with Gasteiger partial charge in [0.15, 0.2) is 0 Å². The van der Waals surface area contributed by atoms with E-state index in [9.17, 15) is 8.42 Å². The highest BCUT2D eigenvalue weighted by Gasteiger charge is 2.21. The summed E-state index contributed by atoms with van der Waals surface area (Å²) in [6.07, 6.45) is 4.06. The van der Waals surface area contributed by atoms with Gasteiger partial charge in [0.1, 0.15) is 5.84 Å². The molecule has 0 saturated heterocycles. The summed E-state index contributed by atoms with van der Waals surface area (Å²) in [5.41, 5.74) is 6.17. The zero-order chi connectivity index (χ0) is 15.7. The number of nitrogens with two attached hydrogens (primary N) is 1. The smallest absolute Gasteiger partial charge is 0.279 e. The van der Waals surface area contributed by atoms with Gasteiger partial charge in [-0.25, -0.2) is 4.72 Å². The molecular weight excluding hydrogens is 294 g/mol. The molecule has 0 aliphatic rings. The summed E-state index contributed by atoms with van der Waals surface area (Å²) in [5.74, 6) is -0.0168. The maximum atomic E-state index is 12.2. The zero-order valence-electron chi connectivity index (χ0n) is 11.9. The zero-order valence-corrected chi connectivity index (χ0v) is 12.8. The van der Waals surface area contributed by atoms with Crippen LogP contribution < -0.4 is 10.5 Å². The van der Waals surface area contributed by atoms with Gasteiger partial charge >= 0.3 is 0 Å². The molecule has 1 heterocycles. The number of rotatable bonds is 9. The van der Waals surface area contributed by atoms with Crippen molar-refractivity contribution in [1.82, 2.24) is 14.0 Å². The molecule has 1 aromatic heterocycles. The number of oxime groups is 1. The Bertz CT molecular complexity index is 547. The molecular formula is C12H21N5O3S. The standard InChI is InChI=1S/C12H21N5O3S/c1-2-6-15-21(19,20)17(8-5-12(13)16-18)10-11-4-3-7-14-9-11/h3-4,7,9,15,18H,2,5-6,8,10H2,1H3,(H2,13,16). The summed E-state index contributed by atoms with van der Waals surface area (Å²) in [6.45, 7) is 2.52. The molecule has 0 aliphatic heterocycles. The fourth-order valence-electron chi connectivity index (χ4n) is 1.59. The fraction of sp³-hybridized carbons (Fsp3) is 0.500. The Morgan fingerprint density at radius 2 is 2.33 bits per heavy atom. The van der Waals surface area contributed by atoms with Crippen LogP contribution in [-0.4, -0.2) is 41.8 Å². The quantitative estimate of drug-likeness (QED) is 0.261. The van der Waals surface area contributed by atoms with E-state index in [2.05, 4.69) is 14.9 Å². The second kappa shape index (κ2) is 8.55. The number of nitrogens with zero attached hydrogens (tertiary/aromatic N) is 3. The molecule has 0 spiro atoms. The highest BCUT2D eigenvalue weighted by molar-refractivity contribution is 7.87. The van der Waals surface area contributed by atoms with Gasteiger partial charge < -0.3 is 10.9 Å². The van der Waals surface area contributed by atoms with Crippen molar-refractivity contribution in [3.05, 3.63) is 30.1 Å². The van der Waals surface area contributed by atoms with Gasteiger partial charge in [-0.3, -0.25) is 4.98 Å². The predicted octanol–water partition coefficient (Wildman–Crippen LogP) is 0.265. The minimum absolute atomic E-state index is 0.0168. The summed E-state index contributed by atoms with van der Waals surface area (Å²) >= 11 is 0. The highest BCUT2D eigenvalue weighted by Crippen LogP contribution is 2.08. The average molecular weight is 315 g/mol. The van der Waals surface area contributed by atoms with Gasteiger partial charge in [0, 0.05) is 38.4 Å². The number of hydrogen-bond donors (Lipinski definition) is 3. The minimum Gasteiger partial charge on any atom is -0.409 e. The van der Waals surface area contributed by atoms with Crippen molar-refractivity contribution in [2.45, 2.75) is 26.3 Å². The molecule has 0 aliphatic carbocycles. The average Bonchev–Trinajstić information content (AvgIpc) is 2.49. The fourth-order valence-corrected chi connectivity index (χ4v) is 2.89. The van der Waals surface area contributed by atoms with E-state index < -0.39 is 10.2 Å². The molecule has 8 nitrogen and oxygen atoms in total. The first-order valence-corrected chi connectivity index (χ1v) is 8.03. The molecule has 1 rings (SSSR count). The van der Waals surface area contributed by atoms with Gasteiger partial charge in [0.05, 0.1) is 0 Å². The normalized spacial score (nSPS) is 12.8. The van der Waals surface area contributed by atoms with Crippen LogP contribution in [0.15, 0.2) is 29.7 Å². The number of nitrogens with one attached hydrogen (secondary N) is 1. The van der Waals surface area contributed by atoms with E-state index in [0.29, 0.717) is 13.0 Å². The first kappa shape index (κ1) is 17.3. The number of amidine groups is 1. The monoisotopic (exact) mass is 315 g/mol. The lowest BCUT2D eigenvalue weighted by Gasteiger charge is -2.22. The van der Waals surface area contributed by atoms with Crippen LogP contribution in [0.3, 0.4) is 0 Å². The molecule has 0 aromatic carbocycles. The lowest BCUT2D eigenvalue weighted by atomic mass is 10.3. The molecule has 0 unspecified atom stereocenters. The van der Waals surface area contributed by atoms with E-state index in [1.165, 1.54) is 4.31 Å². The molecule has 0 amide bonds. The third-order valence-electron chi connectivity index (χ3n) is 2.70. The van der Waals surface area contributed by atoms with Crippen molar-refractivity contribution >= 4 is 16.0 Å². The molecule has 0 radical (unpaired) electrons. The van der Waals surface area contributed by atoms with Gasteiger partial charge in [-0.15, -0.1) is 0 Å². The van der Waals surface area contributed by atoms with E-state index in [1.54, 1.807) is 24.5 Å². The Hall–Kier alpha value is -1.71. The number of aromatic nitrogens is 1. The van der Waals surface area contributed by atoms with Crippen LogP contribution in [0.25, 0.3) is 0 Å². The van der Waals surface area contributed by atoms with Crippen LogP contribution in [0.2, 0.25) is 0 Å². The third kappa shape index (κ3) is 6.06. The third-order valence-corrected chi connectivity index (χ3v) is 4.26. The van der Waals surface area contributed by atoms with Gasteiger partial charge in [-0.05, 0) is 18.1 Å². The van der Waals surface area contributed by atoms with E-state index in [1.807, 2.05) is 6.92 Å². The van der Waals surface area contributed by atoms with Crippen LogP contribution in [0, 0.1) is 0 Å². The number of pyridine rings is 1. The van der Waals surface area contributed by atoms with Crippen molar-refractivity contribution < 1.29 is 13.6 Å². The van der Waals surface area contributed by atoms with Gasteiger partial charge in [0.2, 0.25) is 0 Å². The molecule has 0 fully saturated rings. The van der Waals surface area contributed by atoms with Crippen LogP contribution >= 0.6 is 0 Å². The molecule has 0 atom stereocenters. The van der Waals surface area contributed by atoms with Crippen LogP contribution in [0.4, 0.5) is 0 Å². The predicted molar refractivity (Wildman–Crippen MR) is 79.9 cm³/mol. The summed E-state index contributed by atoms with van der Waals surface area (Å²) in [7, 11) is -3.62. The summed E-state index contributed by atoms with van der Waals surface area (Å²) in [4.78, 5) is 3.96. The first-order chi connectivity index (χ1) is 9.99. The Balaban J connectivity index is 2.83. The Morgan fingerprint density at radius 1 is 1.57 bits per heavy atom. The Labute approximate surface area is 124 Å². The van der Waals surface area contributed by atoms with E-state index in [-0.39, 0.29) is 25.3 Å². The maximum absolute atomic E-state index is 12.2. The first-order valence-electron chi connectivity index (χ1n) is 6.59. The van der Waals surface area contributed by atoms with Crippen LogP contribution in [0.1, 0.15) is 25.3 Å².